The van der Waals surface area contributed by atoms with Gasteiger partial charge in [-0.3, -0.25) is 4.57 Å². The van der Waals surface area contributed by atoms with E-state index in [1.807, 2.05) is 0 Å². The van der Waals surface area contributed by atoms with E-state index >= 15 is 0 Å². The van der Waals surface area contributed by atoms with Crippen LogP contribution in [0, 0.1) is 0 Å². The van der Waals surface area contributed by atoms with Crippen LogP contribution in [-0.2, 0) is 9.47 Å². The second-order valence-corrected chi connectivity index (χ2v) is 6.05. The first-order valence-electron chi connectivity index (χ1n) is 7.33. The van der Waals surface area contributed by atoms with E-state index in [2.05, 4.69) is 15.0 Å². The number of imidazole rings is 1. The third-order valence-corrected chi connectivity index (χ3v) is 3.92. The van der Waals surface area contributed by atoms with Crippen molar-refractivity contribution in [1.29, 1.82) is 0 Å². The summed E-state index contributed by atoms with van der Waals surface area (Å²) in [6, 6.07) is 0. The van der Waals surface area contributed by atoms with Gasteiger partial charge in [0.25, 0.3) is 0 Å². The van der Waals surface area contributed by atoms with Crippen molar-refractivity contribution in [3.05, 3.63) is 23.8 Å². The number of aliphatic hydroxyl groups excluding tert-OH is 2. The first-order chi connectivity index (χ1) is 11.5. The van der Waals surface area contributed by atoms with Gasteiger partial charge in [0.2, 0.25) is 0 Å². The fraction of sp³-hybridized carbons (Fsp3) is 0.500. The van der Waals surface area contributed by atoms with Crippen molar-refractivity contribution in [3.63, 3.8) is 0 Å². The number of nitrogens with zero attached hydrogens (tertiary/aromatic N) is 4. The number of nitrogens with two attached hydrogens (primary N) is 1. The van der Waals surface area contributed by atoms with E-state index < -0.39 is 24.5 Å². The van der Waals surface area contributed by atoms with Crippen LogP contribution >= 0.6 is 11.6 Å². The first-order valence-corrected chi connectivity index (χ1v) is 7.71. The number of allylic oxidation sites excluding steroid dienone is 1. The number of hydrogen-bond donors (Lipinski definition) is 3. The van der Waals surface area contributed by atoms with Gasteiger partial charge >= 0.3 is 0 Å². The molecule has 24 heavy (non-hydrogen) atoms. The Balaban J connectivity index is 1.74. The topological polar surface area (TPSA) is 129 Å². The zero-order chi connectivity index (χ0) is 17.3. The van der Waals surface area contributed by atoms with Gasteiger partial charge < -0.3 is 25.4 Å². The number of aliphatic hydroxyl groups is 2. The van der Waals surface area contributed by atoms with Crippen LogP contribution < -0.4 is 5.73 Å². The van der Waals surface area contributed by atoms with E-state index in [1.54, 1.807) is 13.0 Å². The molecule has 3 rings (SSSR count). The van der Waals surface area contributed by atoms with Crippen molar-refractivity contribution < 1.29 is 19.7 Å². The fourth-order valence-corrected chi connectivity index (χ4v) is 2.57. The minimum absolute atomic E-state index is 0.110. The molecular weight excluding hydrogens is 338 g/mol. The second kappa shape index (κ2) is 6.99. The van der Waals surface area contributed by atoms with E-state index in [0.29, 0.717) is 22.8 Å². The van der Waals surface area contributed by atoms with Crippen LogP contribution in [0.5, 0.6) is 0 Å². The minimum atomic E-state index is -1.16. The molecule has 0 spiro atoms. The molecule has 3 heterocycles. The number of fused-ring (bicyclic) bond motifs is 1. The lowest BCUT2D eigenvalue weighted by atomic mass is 10.1. The zero-order valence-electron chi connectivity index (χ0n) is 12.9. The molecular formula is C14H18ClN5O4. The number of halogens is 1. The highest BCUT2D eigenvalue weighted by atomic mass is 35.5. The lowest BCUT2D eigenvalue weighted by molar-refractivity contribution is -0.0620. The minimum Gasteiger partial charge on any atom is -0.387 e. The molecule has 2 aromatic heterocycles. The SMILES string of the molecule is CC(Cl)=CCOC[C@H]1O[C@@H](n2cnc3c(N)ncnc32)[C@H](O)[C@@H]1O. The predicted molar refractivity (Wildman–Crippen MR) is 86.1 cm³/mol. The van der Waals surface area contributed by atoms with Crippen molar-refractivity contribution >= 4 is 28.6 Å². The molecule has 1 saturated heterocycles. The molecule has 0 saturated carbocycles. The van der Waals surface area contributed by atoms with Gasteiger partial charge in [0.15, 0.2) is 17.7 Å². The zero-order valence-corrected chi connectivity index (χ0v) is 13.7. The van der Waals surface area contributed by atoms with E-state index in [0.717, 1.165) is 0 Å². The molecule has 0 amide bonds. The van der Waals surface area contributed by atoms with Crippen LogP contribution in [0.25, 0.3) is 11.2 Å². The van der Waals surface area contributed by atoms with E-state index in [1.165, 1.54) is 17.2 Å². The smallest absolute Gasteiger partial charge is 0.167 e. The Bertz CT molecular complexity index is 748. The molecule has 1 fully saturated rings. The molecule has 4 N–H and O–H groups in total. The van der Waals surface area contributed by atoms with Crippen LogP contribution in [0.1, 0.15) is 13.2 Å². The molecule has 1 aliphatic rings. The average Bonchev–Trinajstić information content (AvgIpc) is 3.08. The van der Waals surface area contributed by atoms with Gasteiger partial charge in [0, 0.05) is 5.03 Å². The molecule has 0 unspecified atom stereocenters. The number of aromatic nitrogens is 4. The van der Waals surface area contributed by atoms with Gasteiger partial charge in [-0.2, -0.15) is 0 Å². The highest BCUT2D eigenvalue weighted by molar-refractivity contribution is 6.29. The van der Waals surface area contributed by atoms with Gasteiger partial charge in [0.1, 0.15) is 30.2 Å². The van der Waals surface area contributed by atoms with E-state index in [4.69, 9.17) is 26.8 Å². The highest BCUT2D eigenvalue weighted by Gasteiger charge is 2.44. The first kappa shape index (κ1) is 17.1. The lowest BCUT2D eigenvalue weighted by Gasteiger charge is -2.16. The normalized spacial score (nSPS) is 27.9. The number of ether oxygens (including phenoxy) is 2. The van der Waals surface area contributed by atoms with Crippen LogP contribution in [0.2, 0.25) is 0 Å². The summed E-state index contributed by atoms with van der Waals surface area (Å²) >= 11 is 5.71. The summed E-state index contributed by atoms with van der Waals surface area (Å²) in [5, 5.41) is 21.1. The largest absolute Gasteiger partial charge is 0.387 e. The van der Waals surface area contributed by atoms with Crippen LogP contribution in [-0.4, -0.2) is 61.3 Å². The molecule has 1 aliphatic heterocycles. The maximum absolute atomic E-state index is 10.3. The standard InChI is InChI=1S/C14H18ClN5O4/c1-7(15)2-3-23-4-8-10(21)11(22)14(24-8)20-6-19-9-12(16)17-5-18-13(9)20/h2,5-6,8,10-11,14,21-22H,3-4H2,1H3,(H2,16,17,18)/t8-,10-,11-,14-/m1/s1. The van der Waals surface area contributed by atoms with Crippen molar-refractivity contribution in [2.45, 2.75) is 31.5 Å². The maximum Gasteiger partial charge on any atom is 0.167 e. The van der Waals surface area contributed by atoms with Crippen molar-refractivity contribution in [1.82, 2.24) is 19.5 Å². The Morgan fingerprint density at radius 2 is 2.21 bits per heavy atom. The molecule has 0 radical (unpaired) electrons. The fourth-order valence-electron chi connectivity index (χ4n) is 2.51. The molecule has 2 aromatic rings. The molecule has 9 nitrogen and oxygen atoms in total. The number of nitrogen functional groups attached to an aromatic ring is 1. The second-order valence-electron chi connectivity index (χ2n) is 5.46. The summed E-state index contributed by atoms with van der Waals surface area (Å²) in [7, 11) is 0. The van der Waals surface area contributed by atoms with Gasteiger partial charge in [-0.15, -0.1) is 0 Å². The van der Waals surface area contributed by atoms with E-state index in [-0.39, 0.29) is 12.4 Å². The van der Waals surface area contributed by atoms with Gasteiger partial charge in [-0.25, -0.2) is 15.0 Å². The summed E-state index contributed by atoms with van der Waals surface area (Å²) in [6.07, 6.45) is 0.641. The molecule has 10 heteroatoms. The molecule has 0 aromatic carbocycles. The Kier molecular flexibility index (Phi) is 4.97. The van der Waals surface area contributed by atoms with Crippen molar-refractivity contribution in [2.24, 2.45) is 0 Å². The molecule has 0 aliphatic carbocycles. The van der Waals surface area contributed by atoms with Crippen LogP contribution in [0.3, 0.4) is 0 Å². The monoisotopic (exact) mass is 355 g/mol. The van der Waals surface area contributed by atoms with Gasteiger partial charge in [-0.1, -0.05) is 11.6 Å². The summed E-state index contributed by atoms with van der Waals surface area (Å²) < 4.78 is 12.6. The number of rotatable bonds is 5. The Hall–Kier alpha value is -1.78. The van der Waals surface area contributed by atoms with Crippen LogP contribution in [0.4, 0.5) is 5.82 Å². The molecule has 0 bridgehead atoms. The number of anilines is 1. The average molecular weight is 356 g/mol. The van der Waals surface area contributed by atoms with E-state index in [9.17, 15) is 10.2 Å². The van der Waals surface area contributed by atoms with Crippen molar-refractivity contribution in [3.8, 4) is 0 Å². The summed E-state index contributed by atoms with van der Waals surface area (Å²) in [6.45, 7) is 2.14. The Morgan fingerprint density at radius 1 is 1.42 bits per heavy atom. The highest BCUT2D eigenvalue weighted by Crippen LogP contribution is 2.32. The molecule has 130 valence electrons. The molecule has 4 atom stereocenters. The van der Waals surface area contributed by atoms with Crippen LogP contribution in [0.15, 0.2) is 23.8 Å². The summed E-state index contributed by atoms with van der Waals surface area (Å²) in [5.74, 6) is 0.231. The summed E-state index contributed by atoms with van der Waals surface area (Å²) in [5.41, 5.74) is 6.57. The van der Waals surface area contributed by atoms with Crippen molar-refractivity contribution in [2.75, 3.05) is 18.9 Å². The predicted octanol–water partition coefficient (Wildman–Crippen LogP) is 0.187. The number of hydrogen-bond acceptors (Lipinski definition) is 8. The lowest BCUT2D eigenvalue weighted by Crippen LogP contribution is -2.33. The Labute approximate surface area is 142 Å². The third kappa shape index (κ3) is 3.21. The third-order valence-electron chi connectivity index (χ3n) is 3.76. The summed E-state index contributed by atoms with van der Waals surface area (Å²) in [4.78, 5) is 12.1. The van der Waals surface area contributed by atoms with Gasteiger partial charge in [0.05, 0.1) is 19.5 Å². The Morgan fingerprint density at radius 3 is 2.96 bits per heavy atom. The quantitative estimate of drug-likeness (QED) is 0.648. The van der Waals surface area contributed by atoms with Gasteiger partial charge in [-0.05, 0) is 13.0 Å². The maximum atomic E-state index is 10.3.